The van der Waals surface area contributed by atoms with Gasteiger partial charge in [0.05, 0.1) is 39.9 Å². The van der Waals surface area contributed by atoms with Crippen LogP contribution in [-0.2, 0) is 18.4 Å². The molecule has 9 heteroatoms. The molecule has 0 radical (unpaired) electrons. The normalized spacial score (nSPS) is 13.8. The van der Waals surface area contributed by atoms with Gasteiger partial charge in [-0.15, -0.1) is 0 Å². The first-order chi connectivity index (χ1) is 39.0. The van der Waals surface area contributed by atoms with Gasteiger partial charge in [0.15, 0.2) is 0 Å². The van der Waals surface area contributed by atoms with Crippen LogP contribution in [-0.4, -0.2) is 68.5 Å². The molecule has 0 fully saturated rings. The van der Waals surface area contributed by atoms with E-state index in [2.05, 4.69) is 43.5 Å². The van der Waals surface area contributed by atoms with Gasteiger partial charge in [-0.3, -0.25) is 9.36 Å². The van der Waals surface area contributed by atoms with Crippen LogP contribution in [0.25, 0.3) is 0 Å². The van der Waals surface area contributed by atoms with Gasteiger partial charge in [0, 0.05) is 6.42 Å². The molecule has 0 heterocycles. The Hall–Kier alpha value is -1.28. The van der Waals surface area contributed by atoms with Gasteiger partial charge in [0.2, 0.25) is 5.91 Å². The lowest BCUT2D eigenvalue weighted by molar-refractivity contribution is -0.870. The number of phosphoric acid groups is 1. The van der Waals surface area contributed by atoms with E-state index in [1.165, 1.54) is 302 Å². The van der Waals surface area contributed by atoms with E-state index < -0.39 is 20.0 Å². The highest BCUT2D eigenvalue weighted by molar-refractivity contribution is 7.45. The SMILES string of the molecule is CCCCCCCCCC/C=C\CCCCCCCCCCCCCCCCCCCCCCCCCCCC(=O)NC(COP(=O)([O-])OCC[N+](C)(C)C)C(O)/C=C/CC/C=C/CCCCCCCCCCCCCCCCC. The summed E-state index contributed by atoms with van der Waals surface area (Å²) in [6.45, 7) is 4.68. The summed E-state index contributed by atoms with van der Waals surface area (Å²) in [5, 5.41) is 13.9. The first kappa shape index (κ1) is 78.7. The Morgan fingerprint density at radius 3 is 1.01 bits per heavy atom. The quantitative estimate of drug-likeness (QED) is 0.0272. The topological polar surface area (TPSA) is 108 Å². The highest BCUT2D eigenvalue weighted by Gasteiger charge is 2.23. The number of unbranched alkanes of at least 4 members (excludes halogenated alkanes) is 49. The molecule has 3 unspecified atom stereocenters. The number of amides is 1. The minimum Gasteiger partial charge on any atom is -0.756 e. The van der Waals surface area contributed by atoms with Crippen LogP contribution in [0.3, 0.4) is 0 Å². The number of quaternary nitrogens is 1. The molecule has 0 aliphatic heterocycles. The fraction of sp³-hybridized carbons (Fsp3) is 0.901. The number of nitrogens with zero attached hydrogens (tertiary/aromatic N) is 1. The molecule has 3 atom stereocenters. The van der Waals surface area contributed by atoms with Crippen molar-refractivity contribution in [3.05, 3.63) is 36.5 Å². The van der Waals surface area contributed by atoms with Crippen molar-refractivity contribution in [2.45, 2.75) is 373 Å². The van der Waals surface area contributed by atoms with Crippen molar-refractivity contribution in [2.24, 2.45) is 0 Å². The van der Waals surface area contributed by atoms with E-state index in [1.807, 2.05) is 27.2 Å². The molecular formula is C71H139N2O6P. The number of likely N-dealkylation sites (N-methyl/N-ethyl adjacent to an activating group) is 1. The summed E-state index contributed by atoms with van der Waals surface area (Å²) in [5.41, 5.74) is 0. The average molecular weight is 1150 g/mol. The van der Waals surface area contributed by atoms with Crippen LogP contribution in [0.1, 0.15) is 361 Å². The van der Waals surface area contributed by atoms with E-state index in [0.29, 0.717) is 17.4 Å². The van der Waals surface area contributed by atoms with Crippen molar-refractivity contribution >= 4 is 13.7 Å². The molecule has 0 rings (SSSR count). The fourth-order valence-electron chi connectivity index (χ4n) is 10.8. The molecule has 0 spiro atoms. The lowest BCUT2D eigenvalue weighted by Crippen LogP contribution is -2.45. The molecule has 0 saturated carbocycles. The van der Waals surface area contributed by atoms with E-state index in [9.17, 15) is 19.4 Å². The van der Waals surface area contributed by atoms with E-state index in [0.717, 1.165) is 38.5 Å². The predicted octanol–water partition coefficient (Wildman–Crippen LogP) is 21.8. The maximum Gasteiger partial charge on any atom is 0.268 e. The van der Waals surface area contributed by atoms with Crippen LogP contribution in [0.2, 0.25) is 0 Å². The smallest absolute Gasteiger partial charge is 0.268 e. The Bertz CT molecular complexity index is 1400. The third-order valence-corrected chi connectivity index (χ3v) is 17.3. The maximum atomic E-state index is 13.0. The Labute approximate surface area is 499 Å². The predicted molar refractivity (Wildman–Crippen MR) is 348 cm³/mol. The fourth-order valence-corrected chi connectivity index (χ4v) is 11.5. The molecule has 0 aromatic rings. The van der Waals surface area contributed by atoms with Crippen LogP contribution < -0.4 is 10.2 Å². The van der Waals surface area contributed by atoms with Crippen molar-refractivity contribution in [3.63, 3.8) is 0 Å². The standard InChI is InChI=1S/C71H139N2O6P/c1-6-8-10-12-14-16-18-20-22-24-26-28-29-30-31-32-33-34-35-36-37-38-39-40-41-42-43-45-47-49-51-53-55-57-59-61-63-65-71(75)72-69(68-79-80(76,77)78-67-66-73(3,4)5)70(74)64-62-60-58-56-54-52-50-48-46-44-27-25-23-21-19-17-15-13-11-9-7-2/h24,26,54,56,62,64,69-70,74H,6-23,25,27-53,55,57-61,63,65-68H2,1-5H3,(H-,72,75,76,77)/b26-24-,56-54+,64-62+. The summed E-state index contributed by atoms with van der Waals surface area (Å²) in [6.07, 6.45) is 82.9. The largest absolute Gasteiger partial charge is 0.756 e. The molecule has 80 heavy (non-hydrogen) atoms. The van der Waals surface area contributed by atoms with E-state index in [-0.39, 0.29) is 19.1 Å². The van der Waals surface area contributed by atoms with E-state index >= 15 is 0 Å². The molecule has 0 aliphatic rings. The van der Waals surface area contributed by atoms with Gasteiger partial charge in [-0.2, -0.15) is 0 Å². The number of hydrogen-bond acceptors (Lipinski definition) is 6. The highest BCUT2D eigenvalue weighted by Crippen LogP contribution is 2.38. The van der Waals surface area contributed by atoms with Gasteiger partial charge < -0.3 is 28.8 Å². The van der Waals surface area contributed by atoms with Gasteiger partial charge in [0.1, 0.15) is 13.2 Å². The van der Waals surface area contributed by atoms with Crippen molar-refractivity contribution in [3.8, 4) is 0 Å². The highest BCUT2D eigenvalue weighted by atomic mass is 31.2. The molecule has 8 nitrogen and oxygen atoms in total. The molecule has 1 amide bonds. The van der Waals surface area contributed by atoms with Crippen molar-refractivity contribution in [2.75, 3.05) is 40.9 Å². The molecule has 2 N–H and O–H groups in total. The maximum absolute atomic E-state index is 13.0. The Kier molecular flexibility index (Phi) is 61.3. The molecular weight excluding hydrogens is 1010 g/mol. The zero-order chi connectivity index (χ0) is 58.4. The van der Waals surface area contributed by atoms with Crippen molar-refractivity contribution in [1.29, 1.82) is 0 Å². The molecule has 0 aromatic heterocycles. The monoisotopic (exact) mass is 1150 g/mol. The Morgan fingerprint density at radius 2 is 0.700 bits per heavy atom. The number of aliphatic hydroxyl groups excluding tert-OH is 1. The van der Waals surface area contributed by atoms with Crippen LogP contribution in [0.5, 0.6) is 0 Å². The molecule has 0 bridgehead atoms. The van der Waals surface area contributed by atoms with Crippen LogP contribution in [0.15, 0.2) is 36.5 Å². The molecule has 474 valence electrons. The van der Waals surface area contributed by atoms with E-state index in [4.69, 9.17) is 9.05 Å². The van der Waals surface area contributed by atoms with Crippen molar-refractivity contribution in [1.82, 2.24) is 5.32 Å². The second kappa shape index (κ2) is 62.3. The first-order valence-electron chi connectivity index (χ1n) is 35.4. The minimum absolute atomic E-state index is 0.00423. The lowest BCUT2D eigenvalue weighted by Gasteiger charge is -2.29. The van der Waals surface area contributed by atoms with Gasteiger partial charge in [-0.1, -0.05) is 333 Å². The summed E-state index contributed by atoms with van der Waals surface area (Å²) in [6, 6.07) is -0.902. The summed E-state index contributed by atoms with van der Waals surface area (Å²) in [4.78, 5) is 25.6. The number of rotatable bonds is 66. The second-order valence-corrected chi connectivity index (χ2v) is 27.0. The number of carbonyl (C=O) groups is 1. The summed E-state index contributed by atoms with van der Waals surface area (Å²) in [7, 11) is 1.26. The van der Waals surface area contributed by atoms with Crippen LogP contribution in [0, 0.1) is 0 Å². The number of hydrogen-bond donors (Lipinski definition) is 2. The minimum atomic E-state index is -4.61. The number of aliphatic hydroxyl groups is 1. The molecule has 0 aromatic carbocycles. The second-order valence-electron chi connectivity index (χ2n) is 25.6. The number of phosphoric ester groups is 1. The average Bonchev–Trinajstić information content (AvgIpc) is 3.42. The van der Waals surface area contributed by atoms with Crippen molar-refractivity contribution < 1.29 is 32.9 Å². The zero-order valence-electron chi connectivity index (χ0n) is 54.3. The first-order valence-corrected chi connectivity index (χ1v) is 36.8. The van der Waals surface area contributed by atoms with Gasteiger partial charge in [-0.05, 0) is 57.8 Å². The van der Waals surface area contributed by atoms with E-state index in [1.54, 1.807) is 6.08 Å². The van der Waals surface area contributed by atoms with Gasteiger partial charge >= 0.3 is 0 Å². The summed E-state index contributed by atoms with van der Waals surface area (Å²) < 4.78 is 23.4. The number of allylic oxidation sites excluding steroid dienone is 5. The molecule has 0 aliphatic carbocycles. The summed E-state index contributed by atoms with van der Waals surface area (Å²) in [5.74, 6) is -0.200. The lowest BCUT2D eigenvalue weighted by atomic mass is 10.0. The van der Waals surface area contributed by atoms with Crippen LogP contribution >= 0.6 is 7.82 Å². The Morgan fingerprint density at radius 1 is 0.425 bits per heavy atom. The Balaban J connectivity index is 3.98. The number of nitrogens with one attached hydrogen (secondary N) is 1. The van der Waals surface area contributed by atoms with Crippen LogP contribution in [0.4, 0.5) is 0 Å². The van der Waals surface area contributed by atoms with Gasteiger partial charge in [0.25, 0.3) is 7.82 Å². The summed E-state index contributed by atoms with van der Waals surface area (Å²) >= 11 is 0. The third-order valence-electron chi connectivity index (χ3n) is 16.3. The molecule has 0 saturated heterocycles. The third kappa shape index (κ3) is 64.3. The van der Waals surface area contributed by atoms with Gasteiger partial charge in [-0.25, -0.2) is 0 Å². The number of carbonyl (C=O) groups excluding carboxylic acids is 1. The zero-order valence-corrected chi connectivity index (χ0v) is 55.2.